The first-order chi connectivity index (χ1) is 10.2. The van der Waals surface area contributed by atoms with E-state index in [1.165, 1.54) is 29.5 Å². The molecule has 0 aromatic carbocycles. The summed E-state index contributed by atoms with van der Waals surface area (Å²) in [7, 11) is 0. The molecule has 2 fully saturated rings. The Morgan fingerprint density at radius 1 is 1.29 bits per heavy atom. The van der Waals surface area contributed by atoms with Crippen LogP contribution < -0.4 is 10.6 Å². The Labute approximate surface area is 129 Å². The molecule has 2 N–H and O–H groups in total. The average molecular weight is 302 g/mol. The minimum absolute atomic E-state index is 0.407. The number of anilines is 1. The molecular formula is C16H22N4S. The van der Waals surface area contributed by atoms with Gasteiger partial charge >= 0.3 is 0 Å². The molecule has 1 saturated heterocycles. The predicted octanol–water partition coefficient (Wildman–Crippen LogP) is 2.82. The summed E-state index contributed by atoms with van der Waals surface area (Å²) < 4.78 is 0. The minimum Gasteiger partial charge on any atom is -0.355 e. The predicted molar refractivity (Wildman–Crippen MR) is 87.8 cm³/mol. The summed E-state index contributed by atoms with van der Waals surface area (Å²) >= 11 is 1.80. The van der Waals surface area contributed by atoms with Gasteiger partial charge in [0.15, 0.2) is 0 Å². The van der Waals surface area contributed by atoms with Crippen LogP contribution in [-0.2, 0) is 6.42 Å². The highest BCUT2D eigenvalue weighted by Gasteiger charge is 2.37. The quantitative estimate of drug-likeness (QED) is 0.927. The molecule has 2 aromatic heterocycles. The first-order valence-corrected chi connectivity index (χ1v) is 8.80. The number of fused-ring (bicyclic) bond motifs is 2. The Hall–Kier alpha value is -1.20. The fourth-order valence-corrected chi connectivity index (χ4v) is 4.89. The monoisotopic (exact) mass is 302 g/mol. The summed E-state index contributed by atoms with van der Waals surface area (Å²) in [6, 6.07) is 2.69. The number of rotatable bonds is 2. The third-order valence-electron chi connectivity index (χ3n) is 5.10. The maximum absolute atomic E-state index is 6.14. The van der Waals surface area contributed by atoms with Crippen molar-refractivity contribution in [2.45, 2.75) is 38.6 Å². The van der Waals surface area contributed by atoms with Crippen LogP contribution in [0.25, 0.3) is 10.2 Å². The van der Waals surface area contributed by atoms with E-state index >= 15 is 0 Å². The lowest BCUT2D eigenvalue weighted by molar-refractivity contribution is 0.271. The van der Waals surface area contributed by atoms with Gasteiger partial charge in [0.25, 0.3) is 0 Å². The van der Waals surface area contributed by atoms with Gasteiger partial charge in [0.05, 0.1) is 5.39 Å². The lowest BCUT2D eigenvalue weighted by Gasteiger charge is -2.27. The van der Waals surface area contributed by atoms with Crippen LogP contribution in [0, 0.1) is 11.8 Å². The molecule has 112 valence electrons. The van der Waals surface area contributed by atoms with Crippen molar-refractivity contribution in [3.8, 4) is 0 Å². The molecule has 0 bridgehead atoms. The summed E-state index contributed by atoms with van der Waals surface area (Å²) in [6.45, 7) is 4.45. The molecule has 2 aromatic rings. The Balaban J connectivity index is 1.66. The van der Waals surface area contributed by atoms with Crippen molar-refractivity contribution in [2.24, 2.45) is 17.6 Å². The molecule has 1 aliphatic carbocycles. The Kier molecular flexibility index (Phi) is 3.34. The highest BCUT2D eigenvalue weighted by atomic mass is 32.1. The van der Waals surface area contributed by atoms with Crippen LogP contribution in [0.5, 0.6) is 0 Å². The van der Waals surface area contributed by atoms with Gasteiger partial charge in [-0.2, -0.15) is 0 Å². The van der Waals surface area contributed by atoms with Gasteiger partial charge in [0.1, 0.15) is 17.0 Å². The van der Waals surface area contributed by atoms with E-state index in [9.17, 15) is 0 Å². The molecule has 21 heavy (non-hydrogen) atoms. The van der Waals surface area contributed by atoms with Crippen molar-refractivity contribution in [2.75, 3.05) is 18.0 Å². The maximum Gasteiger partial charge on any atom is 0.140 e. The number of thiophene rings is 1. The van der Waals surface area contributed by atoms with E-state index in [-0.39, 0.29) is 0 Å². The first-order valence-electron chi connectivity index (χ1n) is 7.98. The molecule has 3 atom stereocenters. The van der Waals surface area contributed by atoms with Crippen molar-refractivity contribution in [3.05, 3.63) is 17.3 Å². The lowest BCUT2D eigenvalue weighted by atomic mass is 9.79. The summed E-state index contributed by atoms with van der Waals surface area (Å²) in [5, 5.41) is 1.24. The molecule has 4 rings (SSSR count). The summed E-state index contributed by atoms with van der Waals surface area (Å²) in [5.74, 6) is 2.70. The second kappa shape index (κ2) is 5.21. The van der Waals surface area contributed by atoms with Crippen LogP contribution in [0.2, 0.25) is 0 Å². The zero-order chi connectivity index (χ0) is 14.4. The maximum atomic E-state index is 6.14. The van der Waals surface area contributed by atoms with Gasteiger partial charge in [-0.25, -0.2) is 9.97 Å². The van der Waals surface area contributed by atoms with E-state index in [4.69, 9.17) is 5.73 Å². The summed E-state index contributed by atoms with van der Waals surface area (Å²) in [6.07, 6.45) is 6.44. The number of hydrogen-bond donors (Lipinski definition) is 1. The van der Waals surface area contributed by atoms with Crippen molar-refractivity contribution in [3.63, 3.8) is 0 Å². The normalized spacial score (nSPS) is 29.0. The fourth-order valence-electron chi connectivity index (χ4n) is 3.96. The third-order valence-corrected chi connectivity index (χ3v) is 6.29. The smallest absolute Gasteiger partial charge is 0.140 e. The molecule has 1 saturated carbocycles. The van der Waals surface area contributed by atoms with E-state index < -0.39 is 0 Å². The van der Waals surface area contributed by atoms with Crippen molar-refractivity contribution in [1.29, 1.82) is 0 Å². The van der Waals surface area contributed by atoms with Crippen LogP contribution >= 0.6 is 11.3 Å². The summed E-state index contributed by atoms with van der Waals surface area (Å²) in [4.78, 5) is 14.0. The Morgan fingerprint density at radius 2 is 2.14 bits per heavy atom. The van der Waals surface area contributed by atoms with Gasteiger partial charge in [-0.05, 0) is 43.6 Å². The van der Waals surface area contributed by atoms with Gasteiger partial charge < -0.3 is 10.6 Å². The van der Waals surface area contributed by atoms with E-state index in [2.05, 4.69) is 27.9 Å². The van der Waals surface area contributed by atoms with Crippen LogP contribution in [0.3, 0.4) is 0 Å². The number of aryl methyl sites for hydroxylation is 1. The molecule has 3 heterocycles. The van der Waals surface area contributed by atoms with Gasteiger partial charge in [0, 0.05) is 24.0 Å². The van der Waals surface area contributed by atoms with Crippen LogP contribution in [0.4, 0.5) is 5.82 Å². The SMILES string of the molecule is CCc1cc2c(N3C[C@H]4CCC(N)C[C@H]4C3)ncnc2s1. The van der Waals surface area contributed by atoms with Gasteiger partial charge in [-0.15, -0.1) is 11.3 Å². The molecule has 4 nitrogen and oxygen atoms in total. The highest BCUT2D eigenvalue weighted by molar-refractivity contribution is 7.18. The average Bonchev–Trinajstić information content (AvgIpc) is 3.09. The highest BCUT2D eigenvalue weighted by Crippen LogP contribution is 2.39. The van der Waals surface area contributed by atoms with Crippen LogP contribution in [0.15, 0.2) is 12.4 Å². The molecule has 5 heteroatoms. The topological polar surface area (TPSA) is 55.0 Å². The van der Waals surface area contributed by atoms with E-state index in [1.807, 2.05) is 0 Å². The van der Waals surface area contributed by atoms with Crippen LogP contribution in [0.1, 0.15) is 31.1 Å². The van der Waals surface area contributed by atoms with E-state index in [1.54, 1.807) is 17.7 Å². The van der Waals surface area contributed by atoms with Crippen LogP contribution in [-0.4, -0.2) is 29.1 Å². The van der Waals surface area contributed by atoms with Gasteiger partial charge in [-0.3, -0.25) is 0 Å². The molecule has 0 spiro atoms. The molecule has 0 radical (unpaired) electrons. The molecule has 0 amide bonds. The zero-order valence-electron chi connectivity index (χ0n) is 12.5. The molecule has 2 aliphatic rings. The second-order valence-corrected chi connectivity index (χ2v) is 7.60. The molecule has 1 unspecified atom stereocenters. The fraction of sp³-hybridized carbons (Fsp3) is 0.625. The Bertz CT molecular complexity index is 653. The Morgan fingerprint density at radius 3 is 3.00 bits per heavy atom. The number of aromatic nitrogens is 2. The number of hydrogen-bond acceptors (Lipinski definition) is 5. The van der Waals surface area contributed by atoms with Crippen molar-refractivity contribution >= 4 is 27.4 Å². The zero-order valence-corrected chi connectivity index (χ0v) is 13.3. The van der Waals surface area contributed by atoms with E-state index in [0.29, 0.717) is 6.04 Å². The van der Waals surface area contributed by atoms with Gasteiger partial charge in [0.2, 0.25) is 0 Å². The number of nitrogens with zero attached hydrogens (tertiary/aromatic N) is 3. The van der Waals surface area contributed by atoms with Crippen molar-refractivity contribution < 1.29 is 0 Å². The van der Waals surface area contributed by atoms with Crippen molar-refractivity contribution in [1.82, 2.24) is 9.97 Å². The molecular weight excluding hydrogens is 280 g/mol. The molecule has 1 aliphatic heterocycles. The lowest BCUT2D eigenvalue weighted by Crippen LogP contribution is -2.32. The van der Waals surface area contributed by atoms with Gasteiger partial charge in [-0.1, -0.05) is 6.92 Å². The summed E-state index contributed by atoms with van der Waals surface area (Å²) in [5.41, 5.74) is 6.14. The standard InChI is InChI=1S/C16H22N4S/c1-2-13-6-14-15(18-9-19-16(14)21-13)20-7-10-3-4-12(17)5-11(10)8-20/h6,9-12H,2-5,7-8,17H2,1H3/t10-,11+,12?/m1/s1. The minimum atomic E-state index is 0.407. The largest absolute Gasteiger partial charge is 0.355 e. The first kappa shape index (κ1) is 13.5. The second-order valence-electron chi connectivity index (χ2n) is 6.48. The number of nitrogens with two attached hydrogens (primary N) is 1. The third kappa shape index (κ3) is 2.32. The van der Waals surface area contributed by atoms with E-state index in [0.717, 1.165) is 42.0 Å².